The third kappa shape index (κ3) is 4.45. The van der Waals surface area contributed by atoms with Crippen LogP contribution in [-0.2, 0) is 9.59 Å². The Bertz CT molecular complexity index is 539. The number of hydrogen-bond acceptors (Lipinski definition) is 2. The number of piperidine rings is 1. The van der Waals surface area contributed by atoms with Crippen molar-refractivity contribution in [3.8, 4) is 0 Å². The first-order chi connectivity index (χ1) is 10.6. The molecule has 1 aromatic carbocycles. The Morgan fingerprint density at radius 1 is 1.27 bits per heavy atom. The quantitative estimate of drug-likeness (QED) is 0.908. The topological polar surface area (TPSA) is 57.6 Å². The third-order valence-electron chi connectivity index (χ3n) is 4.19. The minimum atomic E-state index is -0.798. The Morgan fingerprint density at radius 2 is 2.00 bits per heavy atom. The number of benzene rings is 1. The van der Waals surface area contributed by atoms with Gasteiger partial charge in [-0.2, -0.15) is 0 Å². The normalized spacial score (nSPS) is 22.0. The lowest BCUT2D eigenvalue weighted by molar-refractivity contribution is -0.147. The van der Waals surface area contributed by atoms with E-state index in [4.69, 9.17) is 5.11 Å². The predicted molar refractivity (Wildman–Crippen MR) is 86.2 cm³/mol. The van der Waals surface area contributed by atoms with Crippen molar-refractivity contribution < 1.29 is 14.7 Å². The smallest absolute Gasteiger partial charge is 0.308 e. The maximum absolute atomic E-state index is 12.3. The summed E-state index contributed by atoms with van der Waals surface area (Å²) < 4.78 is 0. The van der Waals surface area contributed by atoms with Gasteiger partial charge in [0.1, 0.15) is 0 Å². The molecule has 1 amide bonds. The first-order valence-electron chi connectivity index (χ1n) is 7.82. The lowest BCUT2D eigenvalue weighted by Crippen LogP contribution is -2.47. The maximum atomic E-state index is 12.3. The molecule has 2 atom stereocenters. The van der Waals surface area contributed by atoms with Gasteiger partial charge in [0, 0.05) is 19.0 Å². The lowest BCUT2D eigenvalue weighted by Gasteiger charge is -2.36. The van der Waals surface area contributed by atoms with Gasteiger partial charge in [0.05, 0.1) is 5.92 Å². The molecule has 4 heteroatoms. The van der Waals surface area contributed by atoms with E-state index in [1.54, 1.807) is 4.90 Å². The fourth-order valence-electron chi connectivity index (χ4n) is 2.79. The Morgan fingerprint density at radius 3 is 2.68 bits per heavy atom. The summed E-state index contributed by atoms with van der Waals surface area (Å²) >= 11 is 0. The first-order valence-corrected chi connectivity index (χ1v) is 7.82. The molecule has 1 N–H and O–H groups in total. The van der Waals surface area contributed by atoms with E-state index in [1.165, 1.54) is 0 Å². The Balaban J connectivity index is 1.83. The highest BCUT2D eigenvalue weighted by Crippen LogP contribution is 2.23. The van der Waals surface area contributed by atoms with Gasteiger partial charge in [-0.3, -0.25) is 9.59 Å². The summed E-state index contributed by atoms with van der Waals surface area (Å²) in [5.41, 5.74) is 1.12. The fraction of sp³-hybridized carbons (Fsp3) is 0.444. The van der Waals surface area contributed by atoms with E-state index >= 15 is 0 Å². The Kier molecular flexibility index (Phi) is 5.75. The van der Waals surface area contributed by atoms with Gasteiger partial charge in [0.2, 0.25) is 5.91 Å². The molecule has 0 radical (unpaired) electrons. The second-order valence-electron chi connectivity index (χ2n) is 5.86. The Labute approximate surface area is 131 Å². The van der Waals surface area contributed by atoms with Crippen LogP contribution in [0.4, 0.5) is 0 Å². The highest BCUT2D eigenvalue weighted by molar-refractivity contribution is 5.78. The van der Waals surface area contributed by atoms with Gasteiger partial charge < -0.3 is 10.0 Å². The van der Waals surface area contributed by atoms with Gasteiger partial charge in [-0.05, 0) is 31.7 Å². The van der Waals surface area contributed by atoms with Crippen LogP contribution < -0.4 is 0 Å². The van der Waals surface area contributed by atoms with Crippen LogP contribution in [0.2, 0.25) is 0 Å². The number of rotatable bonds is 5. The zero-order valence-electron chi connectivity index (χ0n) is 12.9. The number of carbonyl (C=O) groups excluding carboxylic acids is 1. The number of hydrogen-bond donors (Lipinski definition) is 1. The summed E-state index contributed by atoms with van der Waals surface area (Å²) in [6.07, 6.45) is 6.54. The molecule has 0 saturated carbocycles. The monoisotopic (exact) mass is 301 g/mol. The van der Waals surface area contributed by atoms with Gasteiger partial charge >= 0.3 is 5.97 Å². The number of likely N-dealkylation sites (tertiary alicyclic amines) is 1. The average molecular weight is 301 g/mol. The third-order valence-corrected chi connectivity index (χ3v) is 4.19. The molecule has 1 aliphatic heterocycles. The van der Waals surface area contributed by atoms with Crippen LogP contribution in [0.1, 0.15) is 38.2 Å². The number of allylic oxidation sites excluding steroid dienone is 1. The van der Waals surface area contributed by atoms with Crippen LogP contribution in [0.15, 0.2) is 36.4 Å². The molecule has 0 bridgehead atoms. The van der Waals surface area contributed by atoms with E-state index in [0.717, 1.165) is 12.0 Å². The SMILES string of the molecule is CC1CCC(C(=O)O)CN1C(=O)CC/C=C/c1ccccc1. The number of carboxylic acid groups (broad SMARTS) is 1. The minimum absolute atomic E-state index is 0.0520. The molecule has 22 heavy (non-hydrogen) atoms. The van der Waals surface area contributed by atoms with Crippen molar-refractivity contribution in [3.63, 3.8) is 0 Å². The first kappa shape index (κ1) is 16.3. The molecule has 2 unspecified atom stereocenters. The highest BCUT2D eigenvalue weighted by atomic mass is 16.4. The second kappa shape index (κ2) is 7.78. The van der Waals surface area contributed by atoms with E-state index in [0.29, 0.717) is 25.8 Å². The standard InChI is InChI=1S/C18H23NO3/c1-14-11-12-16(18(21)22)13-19(14)17(20)10-6-5-9-15-7-3-2-4-8-15/h2-5,7-9,14,16H,6,10-13H2,1H3,(H,21,22)/b9-5+. The predicted octanol–water partition coefficient (Wildman–Crippen LogP) is 3.19. The molecule has 0 spiro atoms. The van der Waals surface area contributed by atoms with Gasteiger partial charge in [0.15, 0.2) is 0 Å². The molecule has 1 heterocycles. The van der Waals surface area contributed by atoms with E-state index < -0.39 is 11.9 Å². The molecule has 1 fully saturated rings. The summed E-state index contributed by atoms with van der Waals surface area (Å²) in [5.74, 6) is -1.16. The van der Waals surface area contributed by atoms with Crippen molar-refractivity contribution in [1.29, 1.82) is 0 Å². The van der Waals surface area contributed by atoms with Crippen LogP contribution in [0.25, 0.3) is 6.08 Å². The Hall–Kier alpha value is -2.10. The summed E-state index contributed by atoms with van der Waals surface area (Å²) in [4.78, 5) is 25.1. The summed E-state index contributed by atoms with van der Waals surface area (Å²) in [7, 11) is 0. The van der Waals surface area contributed by atoms with Crippen LogP contribution in [-0.4, -0.2) is 34.5 Å². The molecule has 1 aliphatic rings. The maximum Gasteiger partial charge on any atom is 0.308 e. The number of carboxylic acids is 1. The molecular formula is C18H23NO3. The van der Waals surface area contributed by atoms with Gasteiger partial charge in [-0.25, -0.2) is 0 Å². The van der Waals surface area contributed by atoms with Gasteiger partial charge in [-0.1, -0.05) is 42.5 Å². The van der Waals surface area contributed by atoms with Crippen LogP contribution in [0, 0.1) is 5.92 Å². The zero-order valence-corrected chi connectivity index (χ0v) is 12.9. The van der Waals surface area contributed by atoms with Crippen molar-refractivity contribution in [3.05, 3.63) is 42.0 Å². The zero-order chi connectivity index (χ0) is 15.9. The fourth-order valence-corrected chi connectivity index (χ4v) is 2.79. The molecule has 1 aromatic rings. The van der Waals surface area contributed by atoms with Gasteiger partial charge in [0.25, 0.3) is 0 Å². The summed E-state index contributed by atoms with van der Waals surface area (Å²) in [6.45, 7) is 2.34. The van der Waals surface area contributed by atoms with E-state index in [1.807, 2.05) is 49.4 Å². The van der Waals surface area contributed by atoms with Crippen molar-refractivity contribution in [1.82, 2.24) is 4.90 Å². The second-order valence-corrected chi connectivity index (χ2v) is 5.86. The number of carbonyl (C=O) groups is 2. The van der Waals surface area contributed by atoms with Crippen molar-refractivity contribution in [2.45, 2.75) is 38.6 Å². The molecule has 2 rings (SSSR count). The van der Waals surface area contributed by atoms with E-state index in [2.05, 4.69) is 0 Å². The number of amides is 1. The summed E-state index contributed by atoms with van der Waals surface area (Å²) in [6, 6.07) is 10.1. The lowest BCUT2D eigenvalue weighted by atomic mass is 9.93. The minimum Gasteiger partial charge on any atom is -0.481 e. The summed E-state index contributed by atoms with van der Waals surface area (Å²) in [5, 5.41) is 9.12. The van der Waals surface area contributed by atoms with E-state index in [-0.39, 0.29) is 11.9 Å². The van der Waals surface area contributed by atoms with Crippen LogP contribution in [0.5, 0.6) is 0 Å². The van der Waals surface area contributed by atoms with Crippen LogP contribution >= 0.6 is 0 Å². The molecule has 0 aliphatic carbocycles. The average Bonchev–Trinajstić information content (AvgIpc) is 2.52. The van der Waals surface area contributed by atoms with E-state index in [9.17, 15) is 9.59 Å². The molecule has 118 valence electrons. The molecule has 4 nitrogen and oxygen atoms in total. The van der Waals surface area contributed by atoms with Crippen molar-refractivity contribution in [2.75, 3.05) is 6.54 Å². The molecule has 0 aromatic heterocycles. The van der Waals surface area contributed by atoms with Gasteiger partial charge in [-0.15, -0.1) is 0 Å². The van der Waals surface area contributed by atoms with Crippen molar-refractivity contribution in [2.24, 2.45) is 5.92 Å². The number of nitrogens with zero attached hydrogens (tertiary/aromatic N) is 1. The number of aliphatic carboxylic acids is 1. The highest BCUT2D eigenvalue weighted by Gasteiger charge is 2.31. The molecular weight excluding hydrogens is 278 g/mol. The van der Waals surface area contributed by atoms with Crippen molar-refractivity contribution >= 4 is 18.0 Å². The van der Waals surface area contributed by atoms with Crippen LogP contribution in [0.3, 0.4) is 0 Å². The largest absolute Gasteiger partial charge is 0.481 e. The molecule has 1 saturated heterocycles.